The molecule has 1 N–H and O–H groups in total. The summed E-state index contributed by atoms with van der Waals surface area (Å²) in [5, 5.41) is 3.65. The van der Waals surface area contributed by atoms with E-state index in [0.717, 1.165) is 23.8 Å². The van der Waals surface area contributed by atoms with Gasteiger partial charge in [-0.1, -0.05) is 27.7 Å². The molecule has 1 heteroatoms. The molecule has 1 aliphatic rings. The molecule has 0 amide bonds. The number of rotatable bonds is 2. The highest BCUT2D eigenvalue weighted by atomic mass is 14.9. The molecule has 0 aliphatic carbocycles. The summed E-state index contributed by atoms with van der Waals surface area (Å²) in [6.07, 6.45) is 2.79. The lowest BCUT2D eigenvalue weighted by atomic mass is 9.78. The molecule has 1 saturated heterocycles. The maximum absolute atomic E-state index is 3.65. The Hall–Kier alpha value is -0.0400. The SMILES string of the molecule is CC(C)C1CCCNC1C(C)C. The van der Waals surface area contributed by atoms with Crippen LogP contribution >= 0.6 is 0 Å². The summed E-state index contributed by atoms with van der Waals surface area (Å²) in [6.45, 7) is 10.6. The Kier molecular flexibility index (Phi) is 3.57. The van der Waals surface area contributed by atoms with Crippen molar-refractivity contribution in [2.45, 2.75) is 46.6 Å². The van der Waals surface area contributed by atoms with Crippen LogP contribution in [0.2, 0.25) is 0 Å². The highest BCUT2D eigenvalue weighted by Gasteiger charge is 2.28. The molecule has 2 atom stereocenters. The number of piperidine rings is 1. The smallest absolute Gasteiger partial charge is 0.0121 e. The molecule has 0 saturated carbocycles. The molecule has 1 heterocycles. The average molecular weight is 169 g/mol. The maximum Gasteiger partial charge on any atom is 0.0121 e. The Morgan fingerprint density at radius 1 is 1.08 bits per heavy atom. The minimum absolute atomic E-state index is 0.763. The van der Waals surface area contributed by atoms with Gasteiger partial charge >= 0.3 is 0 Å². The Morgan fingerprint density at radius 2 is 1.75 bits per heavy atom. The third-order valence-electron chi connectivity index (χ3n) is 3.13. The van der Waals surface area contributed by atoms with Crippen molar-refractivity contribution in [3.8, 4) is 0 Å². The topological polar surface area (TPSA) is 12.0 Å². The number of nitrogens with one attached hydrogen (secondary N) is 1. The molecule has 0 aromatic heterocycles. The summed E-state index contributed by atoms with van der Waals surface area (Å²) < 4.78 is 0. The fraction of sp³-hybridized carbons (Fsp3) is 1.00. The van der Waals surface area contributed by atoms with Gasteiger partial charge in [0.1, 0.15) is 0 Å². The lowest BCUT2D eigenvalue weighted by Gasteiger charge is -2.37. The van der Waals surface area contributed by atoms with Crippen LogP contribution in [0.3, 0.4) is 0 Å². The summed E-state index contributed by atoms with van der Waals surface area (Å²) >= 11 is 0. The molecular weight excluding hydrogens is 146 g/mol. The minimum Gasteiger partial charge on any atom is -0.313 e. The van der Waals surface area contributed by atoms with Gasteiger partial charge in [-0.3, -0.25) is 0 Å². The summed E-state index contributed by atoms with van der Waals surface area (Å²) in [5.74, 6) is 2.53. The van der Waals surface area contributed by atoms with Crippen LogP contribution < -0.4 is 5.32 Å². The molecule has 12 heavy (non-hydrogen) atoms. The third-order valence-corrected chi connectivity index (χ3v) is 3.13. The van der Waals surface area contributed by atoms with Crippen molar-refractivity contribution in [2.24, 2.45) is 17.8 Å². The number of hydrogen-bond acceptors (Lipinski definition) is 1. The van der Waals surface area contributed by atoms with E-state index in [-0.39, 0.29) is 0 Å². The molecule has 72 valence electrons. The van der Waals surface area contributed by atoms with Crippen LogP contribution in [0, 0.1) is 17.8 Å². The van der Waals surface area contributed by atoms with Crippen molar-refractivity contribution < 1.29 is 0 Å². The summed E-state index contributed by atoms with van der Waals surface area (Å²) in [4.78, 5) is 0. The van der Waals surface area contributed by atoms with Crippen LogP contribution in [0.15, 0.2) is 0 Å². The second kappa shape index (κ2) is 4.27. The second-order valence-electron chi connectivity index (χ2n) is 4.77. The Morgan fingerprint density at radius 3 is 2.17 bits per heavy atom. The normalized spacial score (nSPS) is 31.5. The fourth-order valence-electron chi connectivity index (χ4n) is 2.42. The van der Waals surface area contributed by atoms with Crippen molar-refractivity contribution in [1.29, 1.82) is 0 Å². The molecule has 2 unspecified atom stereocenters. The van der Waals surface area contributed by atoms with Crippen LogP contribution in [-0.2, 0) is 0 Å². The van der Waals surface area contributed by atoms with Gasteiger partial charge in [-0.05, 0) is 37.1 Å². The van der Waals surface area contributed by atoms with E-state index < -0.39 is 0 Å². The van der Waals surface area contributed by atoms with Crippen LogP contribution in [-0.4, -0.2) is 12.6 Å². The second-order valence-corrected chi connectivity index (χ2v) is 4.77. The molecule has 0 bridgehead atoms. The van der Waals surface area contributed by atoms with Gasteiger partial charge in [0.25, 0.3) is 0 Å². The zero-order valence-electron chi connectivity index (χ0n) is 8.93. The van der Waals surface area contributed by atoms with E-state index in [9.17, 15) is 0 Å². The van der Waals surface area contributed by atoms with Crippen molar-refractivity contribution in [1.82, 2.24) is 5.32 Å². The molecule has 1 aliphatic heterocycles. The summed E-state index contributed by atoms with van der Waals surface area (Å²) in [5.41, 5.74) is 0. The van der Waals surface area contributed by atoms with Crippen molar-refractivity contribution >= 4 is 0 Å². The first-order valence-electron chi connectivity index (χ1n) is 5.36. The summed E-state index contributed by atoms with van der Waals surface area (Å²) in [7, 11) is 0. The minimum atomic E-state index is 0.763. The highest BCUT2D eigenvalue weighted by Crippen LogP contribution is 2.28. The fourth-order valence-corrected chi connectivity index (χ4v) is 2.42. The third kappa shape index (κ3) is 2.22. The Balaban J connectivity index is 2.54. The quantitative estimate of drug-likeness (QED) is 0.670. The van der Waals surface area contributed by atoms with E-state index in [1.54, 1.807) is 0 Å². The van der Waals surface area contributed by atoms with Gasteiger partial charge in [0, 0.05) is 6.04 Å². The lowest BCUT2D eigenvalue weighted by molar-refractivity contribution is 0.178. The van der Waals surface area contributed by atoms with Crippen molar-refractivity contribution in [3.63, 3.8) is 0 Å². The van der Waals surface area contributed by atoms with E-state index in [0.29, 0.717) is 0 Å². The van der Waals surface area contributed by atoms with Crippen LogP contribution in [0.4, 0.5) is 0 Å². The first kappa shape index (κ1) is 10.0. The van der Waals surface area contributed by atoms with E-state index in [4.69, 9.17) is 0 Å². The molecule has 0 radical (unpaired) electrons. The molecule has 0 aromatic rings. The van der Waals surface area contributed by atoms with Gasteiger partial charge in [-0.2, -0.15) is 0 Å². The number of hydrogen-bond donors (Lipinski definition) is 1. The maximum atomic E-state index is 3.65. The van der Waals surface area contributed by atoms with Crippen molar-refractivity contribution in [3.05, 3.63) is 0 Å². The van der Waals surface area contributed by atoms with Crippen LogP contribution in [0.5, 0.6) is 0 Å². The zero-order chi connectivity index (χ0) is 9.14. The molecule has 1 rings (SSSR count). The largest absolute Gasteiger partial charge is 0.313 e. The highest BCUT2D eigenvalue weighted by molar-refractivity contribution is 4.84. The van der Waals surface area contributed by atoms with Gasteiger partial charge in [0.05, 0.1) is 0 Å². The van der Waals surface area contributed by atoms with Gasteiger partial charge in [-0.25, -0.2) is 0 Å². The molecule has 0 aromatic carbocycles. The molecule has 1 fully saturated rings. The van der Waals surface area contributed by atoms with E-state index >= 15 is 0 Å². The van der Waals surface area contributed by atoms with E-state index in [1.165, 1.54) is 19.4 Å². The predicted octanol–water partition coefficient (Wildman–Crippen LogP) is 2.67. The van der Waals surface area contributed by atoms with Crippen molar-refractivity contribution in [2.75, 3.05) is 6.54 Å². The first-order valence-corrected chi connectivity index (χ1v) is 5.36. The summed E-state index contributed by atoms with van der Waals surface area (Å²) in [6, 6.07) is 0.763. The van der Waals surface area contributed by atoms with Gasteiger partial charge in [-0.15, -0.1) is 0 Å². The molecular formula is C11H23N. The molecule has 0 spiro atoms. The van der Waals surface area contributed by atoms with Crippen LogP contribution in [0.1, 0.15) is 40.5 Å². The van der Waals surface area contributed by atoms with Gasteiger partial charge in [0.15, 0.2) is 0 Å². The Bertz CT molecular complexity index is 113. The molecule has 1 nitrogen and oxygen atoms in total. The standard InChI is InChI=1S/C11H23N/c1-8(2)10-6-5-7-12-11(10)9(3)4/h8-12H,5-7H2,1-4H3. The zero-order valence-corrected chi connectivity index (χ0v) is 8.93. The van der Waals surface area contributed by atoms with E-state index in [2.05, 4.69) is 33.0 Å². The lowest BCUT2D eigenvalue weighted by Crippen LogP contribution is -2.46. The van der Waals surface area contributed by atoms with Crippen LogP contribution in [0.25, 0.3) is 0 Å². The monoisotopic (exact) mass is 169 g/mol. The first-order chi connectivity index (χ1) is 5.63. The van der Waals surface area contributed by atoms with Gasteiger partial charge < -0.3 is 5.32 Å². The van der Waals surface area contributed by atoms with E-state index in [1.807, 2.05) is 0 Å². The van der Waals surface area contributed by atoms with Gasteiger partial charge in [0.2, 0.25) is 0 Å². The predicted molar refractivity (Wildman–Crippen MR) is 54.2 cm³/mol. The Labute approximate surface area is 76.9 Å². The average Bonchev–Trinajstić information content (AvgIpc) is 2.04.